The first-order valence-corrected chi connectivity index (χ1v) is 11.0. The van der Waals surface area contributed by atoms with Gasteiger partial charge in [-0.25, -0.2) is 14.6 Å². The van der Waals surface area contributed by atoms with Crippen LogP contribution in [-0.2, 0) is 19.1 Å². The van der Waals surface area contributed by atoms with Gasteiger partial charge in [-0.2, -0.15) is 0 Å². The summed E-state index contributed by atoms with van der Waals surface area (Å²) >= 11 is 4.12. The second-order valence-corrected chi connectivity index (χ2v) is 9.04. The second-order valence-electron chi connectivity index (χ2n) is 6.00. The Balaban J connectivity index is 1.51. The number of carbonyl (C=O) groups excluding carboxylic acids is 3. The van der Waals surface area contributed by atoms with Crippen LogP contribution in [0.2, 0.25) is 0 Å². The fourth-order valence-electron chi connectivity index (χ4n) is 2.40. The van der Waals surface area contributed by atoms with Gasteiger partial charge in [0, 0.05) is 20.6 Å². The molecule has 1 aliphatic rings. The third-order valence-electron chi connectivity index (χ3n) is 3.77. The summed E-state index contributed by atoms with van der Waals surface area (Å²) in [6.45, 7) is 0.552. The number of esters is 2. The minimum atomic E-state index is -0.502. The van der Waals surface area contributed by atoms with Gasteiger partial charge in [0.05, 0.1) is 35.3 Å². The first kappa shape index (κ1) is 20.6. The number of amides is 1. The lowest BCUT2D eigenvalue weighted by Gasteiger charge is -2.16. The van der Waals surface area contributed by atoms with Crippen molar-refractivity contribution in [3.05, 3.63) is 22.0 Å². The molecule has 3 rings (SSSR count). The SMILES string of the molecule is COC(=O)/C=C1/SCC(=O)N1CCCOC(=O)c1cc2sc(N(C)C)nc2s1. The predicted molar refractivity (Wildman–Crippen MR) is 111 cm³/mol. The molecule has 0 atom stereocenters. The number of nitrogens with zero attached hydrogens (tertiary/aromatic N) is 3. The summed E-state index contributed by atoms with van der Waals surface area (Å²) in [6, 6.07) is 1.80. The number of anilines is 1. The van der Waals surface area contributed by atoms with E-state index < -0.39 is 11.9 Å². The van der Waals surface area contributed by atoms with E-state index in [-0.39, 0.29) is 18.3 Å². The van der Waals surface area contributed by atoms with Gasteiger partial charge >= 0.3 is 11.9 Å². The number of rotatable bonds is 7. The molecule has 1 aliphatic heterocycles. The van der Waals surface area contributed by atoms with E-state index in [1.54, 1.807) is 6.07 Å². The van der Waals surface area contributed by atoms with Crippen LogP contribution in [0.5, 0.6) is 0 Å². The Kier molecular flexibility index (Phi) is 6.57. The van der Waals surface area contributed by atoms with Crippen molar-refractivity contribution < 1.29 is 23.9 Å². The van der Waals surface area contributed by atoms with Gasteiger partial charge in [-0.3, -0.25) is 4.79 Å². The number of hydrogen-bond acceptors (Lipinski definition) is 10. The zero-order valence-electron chi connectivity index (χ0n) is 15.6. The zero-order chi connectivity index (χ0) is 20.3. The molecule has 2 aromatic rings. The molecular weight excluding hydrogens is 422 g/mol. The summed E-state index contributed by atoms with van der Waals surface area (Å²) in [4.78, 5) is 44.8. The monoisotopic (exact) mass is 441 g/mol. The van der Waals surface area contributed by atoms with Crippen molar-refractivity contribution in [1.29, 1.82) is 0 Å². The van der Waals surface area contributed by atoms with Crippen LogP contribution in [-0.4, -0.2) is 67.8 Å². The van der Waals surface area contributed by atoms with Crippen LogP contribution in [0.3, 0.4) is 0 Å². The van der Waals surface area contributed by atoms with Crippen molar-refractivity contribution in [1.82, 2.24) is 9.88 Å². The summed E-state index contributed by atoms with van der Waals surface area (Å²) in [5.41, 5.74) is 0. The Hall–Kier alpha value is -2.11. The van der Waals surface area contributed by atoms with Crippen molar-refractivity contribution >= 4 is 66.9 Å². The topological polar surface area (TPSA) is 89.0 Å². The highest BCUT2D eigenvalue weighted by molar-refractivity contribution is 8.04. The quantitative estimate of drug-likeness (QED) is 0.368. The van der Waals surface area contributed by atoms with Crippen LogP contribution in [0.15, 0.2) is 17.2 Å². The molecule has 0 radical (unpaired) electrons. The van der Waals surface area contributed by atoms with Gasteiger partial charge in [0.25, 0.3) is 0 Å². The van der Waals surface area contributed by atoms with Crippen molar-refractivity contribution in [2.24, 2.45) is 0 Å². The Morgan fingerprint density at radius 3 is 2.82 bits per heavy atom. The molecule has 11 heteroatoms. The maximum Gasteiger partial charge on any atom is 0.348 e. The highest BCUT2D eigenvalue weighted by Crippen LogP contribution is 2.34. The molecular formula is C17H19N3O5S3. The van der Waals surface area contributed by atoms with Gasteiger partial charge in [0.2, 0.25) is 5.91 Å². The number of carbonyl (C=O) groups is 3. The number of thiazole rings is 1. The van der Waals surface area contributed by atoms with E-state index in [1.165, 1.54) is 52.5 Å². The van der Waals surface area contributed by atoms with E-state index in [0.717, 1.165) is 14.7 Å². The lowest BCUT2D eigenvalue weighted by Crippen LogP contribution is -2.27. The Labute approximate surface area is 174 Å². The third kappa shape index (κ3) is 4.65. The van der Waals surface area contributed by atoms with E-state index in [2.05, 4.69) is 9.72 Å². The largest absolute Gasteiger partial charge is 0.466 e. The molecule has 0 N–H and O–H groups in total. The van der Waals surface area contributed by atoms with Gasteiger partial charge in [-0.05, 0) is 12.5 Å². The minimum absolute atomic E-state index is 0.0762. The number of thiophene rings is 1. The molecule has 1 amide bonds. The third-order valence-corrected chi connectivity index (χ3v) is 7.11. The van der Waals surface area contributed by atoms with Crippen molar-refractivity contribution in [2.45, 2.75) is 6.42 Å². The van der Waals surface area contributed by atoms with Crippen LogP contribution >= 0.6 is 34.4 Å². The number of methoxy groups -OCH3 is 1. The molecule has 0 saturated carbocycles. The van der Waals surface area contributed by atoms with Gasteiger partial charge in [-0.1, -0.05) is 23.1 Å². The van der Waals surface area contributed by atoms with Crippen molar-refractivity contribution in [3.8, 4) is 0 Å². The van der Waals surface area contributed by atoms with E-state index >= 15 is 0 Å². The lowest BCUT2D eigenvalue weighted by atomic mass is 10.4. The minimum Gasteiger partial charge on any atom is -0.466 e. The molecule has 150 valence electrons. The predicted octanol–water partition coefficient (Wildman–Crippen LogP) is 2.56. The first-order chi connectivity index (χ1) is 13.4. The van der Waals surface area contributed by atoms with Crippen LogP contribution in [0.1, 0.15) is 16.1 Å². The van der Waals surface area contributed by atoms with Crippen molar-refractivity contribution in [2.75, 3.05) is 45.0 Å². The highest BCUT2D eigenvalue weighted by Gasteiger charge is 2.27. The number of aromatic nitrogens is 1. The molecule has 0 unspecified atom stereocenters. The molecule has 3 heterocycles. The maximum atomic E-state index is 12.2. The van der Waals surface area contributed by atoms with Gasteiger partial charge in [-0.15, -0.1) is 11.3 Å². The summed E-state index contributed by atoms with van der Waals surface area (Å²) in [6.07, 6.45) is 1.77. The van der Waals surface area contributed by atoms with E-state index in [9.17, 15) is 14.4 Å². The molecule has 28 heavy (non-hydrogen) atoms. The molecule has 2 aromatic heterocycles. The van der Waals surface area contributed by atoms with Gasteiger partial charge in [0.15, 0.2) is 5.13 Å². The molecule has 0 bridgehead atoms. The number of fused-ring (bicyclic) bond motifs is 1. The standard InChI is InChI=1S/C17H19N3O5S3/c1-19(2)17-18-15-10(28-17)7-11(27-15)16(23)25-6-4-5-20-12(21)9-26-13(20)8-14(22)24-3/h7-8H,4-6,9H2,1-3H3/b13-8+. The normalized spacial score (nSPS) is 15.5. The number of thioether (sulfide) groups is 1. The summed E-state index contributed by atoms with van der Waals surface area (Å²) in [5, 5.41) is 1.45. The Morgan fingerprint density at radius 1 is 1.36 bits per heavy atom. The summed E-state index contributed by atoms with van der Waals surface area (Å²) in [7, 11) is 5.14. The Bertz CT molecular complexity index is 902. The Morgan fingerprint density at radius 2 is 2.14 bits per heavy atom. The smallest absolute Gasteiger partial charge is 0.348 e. The highest BCUT2D eigenvalue weighted by atomic mass is 32.2. The van der Waals surface area contributed by atoms with Gasteiger partial charge in [0.1, 0.15) is 9.71 Å². The average molecular weight is 442 g/mol. The second kappa shape index (κ2) is 8.93. The van der Waals surface area contributed by atoms with Gasteiger partial charge < -0.3 is 19.3 Å². The fraction of sp³-hybridized carbons (Fsp3) is 0.412. The van der Waals surface area contributed by atoms with E-state index in [4.69, 9.17) is 4.74 Å². The van der Waals surface area contributed by atoms with Crippen LogP contribution in [0, 0.1) is 0 Å². The van der Waals surface area contributed by atoms with Crippen molar-refractivity contribution in [3.63, 3.8) is 0 Å². The zero-order valence-corrected chi connectivity index (χ0v) is 18.0. The summed E-state index contributed by atoms with van der Waals surface area (Å²) < 4.78 is 10.9. The molecule has 0 aliphatic carbocycles. The number of ether oxygens (including phenoxy) is 2. The number of hydrogen-bond donors (Lipinski definition) is 0. The van der Waals surface area contributed by atoms with Crippen LogP contribution in [0.4, 0.5) is 5.13 Å². The van der Waals surface area contributed by atoms with Crippen LogP contribution < -0.4 is 4.90 Å². The lowest BCUT2D eigenvalue weighted by molar-refractivity contribution is -0.134. The molecule has 1 fully saturated rings. The fourth-order valence-corrected chi connectivity index (χ4v) is 5.39. The first-order valence-electron chi connectivity index (χ1n) is 8.36. The maximum absolute atomic E-state index is 12.2. The molecule has 0 spiro atoms. The average Bonchev–Trinajstić information content (AvgIpc) is 3.32. The summed E-state index contributed by atoms with van der Waals surface area (Å²) in [5.74, 6) is -0.685. The van der Waals surface area contributed by atoms with E-state index in [0.29, 0.717) is 22.9 Å². The van der Waals surface area contributed by atoms with Crippen LogP contribution in [0.25, 0.3) is 9.53 Å². The molecule has 0 aromatic carbocycles. The van der Waals surface area contributed by atoms with E-state index in [1.807, 2.05) is 19.0 Å². The molecule has 8 nitrogen and oxygen atoms in total. The molecule has 1 saturated heterocycles.